The van der Waals surface area contributed by atoms with Crippen LogP contribution in [0.25, 0.3) is 0 Å². The summed E-state index contributed by atoms with van der Waals surface area (Å²) >= 11 is 0. The lowest BCUT2D eigenvalue weighted by molar-refractivity contribution is 0.291. The number of likely N-dealkylation sites (N-methyl/N-ethyl adjacent to an activating group) is 1. The molecular weight excluding hydrogens is 236 g/mol. The van der Waals surface area contributed by atoms with Crippen LogP contribution >= 0.6 is 0 Å². The summed E-state index contributed by atoms with van der Waals surface area (Å²) in [6, 6.07) is 7.73. The van der Waals surface area contributed by atoms with Crippen molar-refractivity contribution >= 4 is 0 Å². The molecule has 1 saturated heterocycles. The molecule has 1 aromatic rings. The first-order chi connectivity index (χ1) is 9.28. The van der Waals surface area contributed by atoms with Gasteiger partial charge in [0.15, 0.2) is 0 Å². The number of hydrogen-bond acceptors (Lipinski definition) is 3. The van der Waals surface area contributed by atoms with E-state index in [9.17, 15) is 0 Å². The molecule has 1 fully saturated rings. The van der Waals surface area contributed by atoms with E-state index in [1.807, 2.05) is 0 Å². The van der Waals surface area contributed by atoms with E-state index in [2.05, 4.69) is 35.5 Å². The molecule has 0 amide bonds. The standard InChI is InChI=1S/C16H24N2O/c1-18-9-3-4-13(18)11-17-16-8-6-12-5-7-14(19-2)10-15(12)16/h5,7,10,13,16-17H,3-4,6,8-9,11H2,1-2H3. The predicted octanol–water partition coefficient (Wildman–Crippen LogP) is 2.37. The summed E-state index contributed by atoms with van der Waals surface area (Å²) in [6.07, 6.45) is 5.09. The zero-order chi connectivity index (χ0) is 13.2. The molecular formula is C16H24N2O. The van der Waals surface area contributed by atoms with Crippen LogP contribution in [0.2, 0.25) is 0 Å². The van der Waals surface area contributed by atoms with Crippen molar-refractivity contribution in [2.24, 2.45) is 0 Å². The maximum Gasteiger partial charge on any atom is 0.119 e. The molecule has 1 aliphatic carbocycles. The Labute approximate surface area is 115 Å². The second-order valence-electron chi connectivity index (χ2n) is 5.84. The third kappa shape index (κ3) is 2.63. The van der Waals surface area contributed by atoms with E-state index in [1.54, 1.807) is 7.11 Å². The molecule has 1 aromatic carbocycles. The largest absolute Gasteiger partial charge is 0.497 e. The van der Waals surface area contributed by atoms with Gasteiger partial charge in [0.05, 0.1) is 7.11 Å². The molecule has 3 nitrogen and oxygen atoms in total. The number of methoxy groups -OCH3 is 1. The number of nitrogens with one attached hydrogen (secondary N) is 1. The Morgan fingerprint density at radius 2 is 2.26 bits per heavy atom. The number of rotatable bonds is 4. The summed E-state index contributed by atoms with van der Waals surface area (Å²) < 4.78 is 5.35. The van der Waals surface area contributed by atoms with Gasteiger partial charge >= 0.3 is 0 Å². The van der Waals surface area contributed by atoms with Crippen molar-refractivity contribution in [3.05, 3.63) is 29.3 Å². The highest BCUT2D eigenvalue weighted by Crippen LogP contribution is 2.33. The molecule has 1 heterocycles. The summed E-state index contributed by atoms with van der Waals surface area (Å²) in [5, 5.41) is 3.76. The molecule has 19 heavy (non-hydrogen) atoms. The normalized spacial score (nSPS) is 26.6. The molecule has 104 valence electrons. The van der Waals surface area contributed by atoms with Crippen LogP contribution in [-0.2, 0) is 6.42 Å². The Balaban J connectivity index is 1.65. The predicted molar refractivity (Wildman–Crippen MR) is 77.7 cm³/mol. The van der Waals surface area contributed by atoms with Crippen LogP contribution in [0, 0.1) is 0 Å². The first-order valence-corrected chi connectivity index (χ1v) is 7.38. The summed E-state index contributed by atoms with van der Waals surface area (Å²) in [6.45, 7) is 2.36. The average Bonchev–Trinajstić information content (AvgIpc) is 3.02. The second kappa shape index (κ2) is 5.51. The van der Waals surface area contributed by atoms with Crippen LogP contribution in [0.1, 0.15) is 36.4 Å². The maximum atomic E-state index is 5.35. The highest BCUT2D eigenvalue weighted by Gasteiger charge is 2.26. The van der Waals surface area contributed by atoms with Crippen LogP contribution in [0.3, 0.4) is 0 Å². The third-order valence-corrected chi connectivity index (χ3v) is 4.70. The van der Waals surface area contributed by atoms with Crippen molar-refractivity contribution in [1.29, 1.82) is 0 Å². The number of ether oxygens (including phenoxy) is 1. The fourth-order valence-corrected chi connectivity index (χ4v) is 3.43. The lowest BCUT2D eigenvalue weighted by atomic mass is 10.1. The van der Waals surface area contributed by atoms with E-state index < -0.39 is 0 Å². The monoisotopic (exact) mass is 260 g/mol. The molecule has 0 saturated carbocycles. The van der Waals surface area contributed by atoms with Gasteiger partial charge in [-0.3, -0.25) is 0 Å². The molecule has 1 aliphatic heterocycles. The summed E-state index contributed by atoms with van der Waals surface area (Å²) in [5.41, 5.74) is 2.93. The zero-order valence-corrected chi connectivity index (χ0v) is 12.0. The molecule has 1 N–H and O–H groups in total. The zero-order valence-electron chi connectivity index (χ0n) is 12.0. The van der Waals surface area contributed by atoms with Crippen molar-refractivity contribution in [1.82, 2.24) is 10.2 Å². The van der Waals surface area contributed by atoms with E-state index >= 15 is 0 Å². The van der Waals surface area contributed by atoms with Crippen molar-refractivity contribution in [2.75, 3.05) is 27.2 Å². The molecule has 0 bridgehead atoms. The van der Waals surface area contributed by atoms with Gasteiger partial charge in [-0.1, -0.05) is 6.07 Å². The summed E-state index contributed by atoms with van der Waals surface area (Å²) in [5.74, 6) is 0.977. The minimum atomic E-state index is 0.513. The molecule has 2 atom stereocenters. The number of fused-ring (bicyclic) bond motifs is 1. The van der Waals surface area contributed by atoms with Gasteiger partial charge in [-0.15, -0.1) is 0 Å². The third-order valence-electron chi connectivity index (χ3n) is 4.70. The van der Waals surface area contributed by atoms with Crippen molar-refractivity contribution in [2.45, 2.75) is 37.8 Å². The highest BCUT2D eigenvalue weighted by molar-refractivity contribution is 5.40. The summed E-state index contributed by atoms with van der Waals surface area (Å²) in [4.78, 5) is 2.48. The van der Waals surface area contributed by atoms with Gasteiger partial charge in [-0.2, -0.15) is 0 Å². The number of nitrogens with zero attached hydrogens (tertiary/aromatic N) is 1. The van der Waals surface area contributed by atoms with Gasteiger partial charge < -0.3 is 15.0 Å². The Hall–Kier alpha value is -1.06. The number of aryl methyl sites for hydroxylation is 1. The average molecular weight is 260 g/mol. The van der Waals surface area contributed by atoms with Gasteiger partial charge in [-0.05, 0) is 62.5 Å². The topological polar surface area (TPSA) is 24.5 Å². The Morgan fingerprint density at radius 1 is 1.37 bits per heavy atom. The lowest BCUT2D eigenvalue weighted by Gasteiger charge is -2.23. The quantitative estimate of drug-likeness (QED) is 0.899. The van der Waals surface area contributed by atoms with Crippen LogP contribution in [0.15, 0.2) is 18.2 Å². The Bertz CT molecular complexity index is 446. The van der Waals surface area contributed by atoms with E-state index in [0.717, 1.165) is 18.3 Å². The van der Waals surface area contributed by atoms with Gasteiger partial charge in [0.1, 0.15) is 5.75 Å². The number of benzene rings is 1. The Morgan fingerprint density at radius 3 is 3.00 bits per heavy atom. The number of likely N-dealkylation sites (tertiary alicyclic amines) is 1. The molecule has 0 aromatic heterocycles. The van der Waals surface area contributed by atoms with Crippen molar-refractivity contribution in [3.63, 3.8) is 0 Å². The summed E-state index contributed by atoms with van der Waals surface area (Å²) in [7, 11) is 3.98. The fourth-order valence-electron chi connectivity index (χ4n) is 3.43. The second-order valence-corrected chi connectivity index (χ2v) is 5.84. The minimum Gasteiger partial charge on any atom is -0.497 e. The van der Waals surface area contributed by atoms with Crippen LogP contribution in [0.5, 0.6) is 5.75 Å². The minimum absolute atomic E-state index is 0.513. The van der Waals surface area contributed by atoms with Gasteiger partial charge in [0.2, 0.25) is 0 Å². The van der Waals surface area contributed by atoms with Gasteiger partial charge in [0.25, 0.3) is 0 Å². The molecule has 2 unspecified atom stereocenters. The van der Waals surface area contributed by atoms with E-state index in [4.69, 9.17) is 4.74 Å². The molecule has 3 heteroatoms. The smallest absolute Gasteiger partial charge is 0.119 e. The van der Waals surface area contributed by atoms with Crippen LogP contribution in [-0.4, -0.2) is 38.2 Å². The highest BCUT2D eigenvalue weighted by atomic mass is 16.5. The maximum absolute atomic E-state index is 5.35. The van der Waals surface area contributed by atoms with Gasteiger partial charge in [-0.25, -0.2) is 0 Å². The van der Waals surface area contributed by atoms with E-state index in [1.165, 1.54) is 43.4 Å². The first kappa shape index (κ1) is 12.9. The van der Waals surface area contributed by atoms with Crippen molar-refractivity contribution < 1.29 is 4.74 Å². The van der Waals surface area contributed by atoms with Gasteiger partial charge in [0, 0.05) is 18.6 Å². The number of hydrogen-bond donors (Lipinski definition) is 1. The fraction of sp³-hybridized carbons (Fsp3) is 0.625. The van der Waals surface area contributed by atoms with E-state index in [-0.39, 0.29) is 0 Å². The molecule has 0 radical (unpaired) electrons. The SMILES string of the molecule is COc1ccc2c(c1)C(NCC1CCCN1C)CC2. The lowest BCUT2D eigenvalue weighted by Crippen LogP contribution is -2.36. The van der Waals surface area contributed by atoms with Crippen LogP contribution < -0.4 is 10.1 Å². The van der Waals surface area contributed by atoms with Crippen molar-refractivity contribution in [3.8, 4) is 5.75 Å². The molecule has 0 spiro atoms. The van der Waals surface area contributed by atoms with E-state index in [0.29, 0.717) is 6.04 Å². The molecule has 2 aliphatic rings. The Kier molecular flexibility index (Phi) is 3.76. The first-order valence-electron chi connectivity index (χ1n) is 7.38. The van der Waals surface area contributed by atoms with Crippen LogP contribution in [0.4, 0.5) is 0 Å². The molecule has 3 rings (SSSR count).